The van der Waals surface area contributed by atoms with Crippen LogP contribution in [-0.2, 0) is 6.42 Å². The minimum absolute atomic E-state index is 0.183. The van der Waals surface area contributed by atoms with E-state index in [1.807, 2.05) is 6.07 Å². The monoisotopic (exact) mass is 668 g/mol. The lowest BCUT2D eigenvalue weighted by atomic mass is 9.77. The van der Waals surface area contributed by atoms with Crippen LogP contribution in [0.1, 0.15) is 46.2 Å². The van der Waals surface area contributed by atoms with Crippen LogP contribution in [0.4, 0.5) is 5.69 Å². The molecule has 2 heteroatoms. The van der Waals surface area contributed by atoms with Gasteiger partial charge in [-0.05, 0) is 120 Å². The normalized spacial score (nSPS) is 13.6. The summed E-state index contributed by atoms with van der Waals surface area (Å²) in [5.74, 6) is -0.183. The lowest BCUT2D eigenvalue weighted by Gasteiger charge is -2.29. The molecule has 52 heavy (non-hydrogen) atoms. The van der Waals surface area contributed by atoms with Gasteiger partial charge in [0.15, 0.2) is 0 Å². The van der Waals surface area contributed by atoms with Crippen LogP contribution in [0.2, 0.25) is 0 Å². The molecule has 8 aromatic carbocycles. The molecule has 0 fully saturated rings. The van der Waals surface area contributed by atoms with Gasteiger partial charge in [-0.15, -0.1) is 0 Å². The summed E-state index contributed by atoms with van der Waals surface area (Å²) >= 11 is 0. The van der Waals surface area contributed by atoms with Crippen LogP contribution in [0.25, 0.3) is 61.0 Å². The fourth-order valence-electron chi connectivity index (χ4n) is 8.48. The van der Waals surface area contributed by atoms with Crippen molar-refractivity contribution >= 4 is 33.3 Å². The fourth-order valence-corrected chi connectivity index (χ4v) is 8.48. The number of nitrogens with two attached hydrogens (primary N) is 2. The van der Waals surface area contributed by atoms with E-state index in [4.69, 9.17) is 11.5 Å². The molecule has 0 saturated carbocycles. The van der Waals surface area contributed by atoms with Crippen molar-refractivity contribution in [3.8, 4) is 33.4 Å². The molecular formula is C50H40N2. The highest BCUT2D eigenvalue weighted by Crippen LogP contribution is 2.47. The van der Waals surface area contributed by atoms with E-state index in [0.29, 0.717) is 0 Å². The van der Waals surface area contributed by atoms with E-state index in [2.05, 4.69) is 176 Å². The van der Waals surface area contributed by atoms with E-state index in [1.165, 1.54) is 44.2 Å². The molecule has 0 amide bonds. The van der Waals surface area contributed by atoms with Crippen LogP contribution in [0.3, 0.4) is 0 Å². The van der Waals surface area contributed by atoms with Crippen LogP contribution in [0.5, 0.6) is 0 Å². The number of hydrogen-bond acceptors (Lipinski definition) is 2. The van der Waals surface area contributed by atoms with E-state index in [-0.39, 0.29) is 12.0 Å². The first-order valence-electron chi connectivity index (χ1n) is 18.2. The van der Waals surface area contributed by atoms with Gasteiger partial charge in [-0.25, -0.2) is 0 Å². The molecule has 250 valence electrons. The highest BCUT2D eigenvalue weighted by atomic mass is 14.7. The average molecular weight is 669 g/mol. The number of allylic oxidation sites excluding steroid dienone is 1. The summed E-state index contributed by atoms with van der Waals surface area (Å²) in [6.45, 7) is 0. The molecule has 4 N–H and O–H groups in total. The summed E-state index contributed by atoms with van der Waals surface area (Å²) in [7, 11) is 0. The minimum Gasteiger partial charge on any atom is -0.398 e. The molecule has 1 unspecified atom stereocenters. The highest BCUT2D eigenvalue weighted by Gasteiger charge is 2.29. The van der Waals surface area contributed by atoms with Gasteiger partial charge in [-0.3, -0.25) is 0 Å². The molecule has 0 aliphatic heterocycles. The molecule has 2 nitrogen and oxygen atoms in total. The van der Waals surface area contributed by atoms with Crippen molar-refractivity contribution in [2.45, 2.75) is 24.8 Å². The second-order valence-corrected chi connectivity index (χ2v) is 13.9. The van der Waals surface area contributed by atoms with Crippen molar-refractivity contribution in [1.29, 1.82) is 0 Å². The molecule has 2 atom stereocenters. The largest absolute Gasteiger partial charge is 0.398 e. The molecule has 9 rings (SSSR count). The standard InChI is InChI=1S/C50H40N2/c51-45-29-28-34-18-10-11-23-40(34)49(45)48(36-21-8-3-9-22-36)50(52)39-31-37(33-16-4-1-5-17-33)30-38(32-39)47-43-26-14-12-24-41(43)46(35-19-6-2-7-20-35)42-25-13-15-27-44(42)47/h1-12,14-24,26-32,48,50H,13,25,51-52H2/t48?,50-/m0/s1. The van der Waals surface area contributed by atoms with Crippen molar-refractivity contribution in [2.24, 2.45) is 5.73 Å². The third-order valence-corrected chi connectivity index (χ3v) is 10.8. The Labute approximate surface area is 305 Å². The number of anilines is 1. The number of fused-ring (bicyclic) bond motifs is 3. The van der Waals surface area contributed by atoms with Crippen molar-refractivity contribution in [3.63, 3.8) is 0 Å². The molecule has 0 aromatic heterocycles. The molecule has 0 heterocycles. The highest BCUT2D eigenvalue weighted by molar-refractivity contribution is 6.10. The third kappa shape index (κ3) is 5.58. The zero-order valence-electron chi connectivity index (χ0n) is 29.0. The Bertz CT molecular complexity index is 2590. The van der Waals surface area contributed by atoms with Crippen molar-refractivity contribution in [2.75, 3.05) is 5.73 Å². The Hall–Kier alpha value is -6.22. The Kier molecular flexibility index (Phi) is 8.23. The molecular weight excluding hydrogens is 629 g/mol. The Morgan fingerprint density at radius 1 is 0.481 bits per heavy atom. The summed E-state index contributed by atoms with van der Waals surface area (Å²) in [4.78, 5) is 0. The summed E-state index contributed by atoms with van der Waals surface area (Å²) in [5.41, 5.74) is 28.6. The van der Waals surface area contributed by atoms with Gasteiger partial charge < -0.3 is 11.5 Å². The molecule has 0 spiro atoms. The first-order valence-corrected chi connectivity index (χ1v) is 18.2. The van der Waals surface area contributed by atoms with Crippen molar-refractivity contribution in [3.05, 3.63) is 204 Å². The molecule has 0 radical (unpaired) electrons. The summed E-state index contributed by atoms with van der Waals surface area (Å²) in [5, 5.41) is 4.81. The summed E-state index contributed by atoms with van der Waals surface area (Å²) in [6.07, 6.45) is 6.70. The maximum Gasteiger partial charge on any atom is 0.0407 e. The maximum atomic E-state index is 7.64. The lowest BCUT2D eigenvalue weighted by molar-refractivity contribution is 0.635. The quantitative estimate of drug-likeness (QED) is 0.166. The predicted octanol–water partition coefficient (Wildman–Crippen LogP) is 12.4. The second-order valence-electron chi connectivity index (χ2n) is 13.9. The van der Waals surface area contributed by atoms with Gasteiger partial charge in [0.05, 0.1) is 0 Å². The van der Waals surface area contributed by atoms with Gasteiger partial charge in [-0.1, -0.05) is 158 Å². The van der Waals surface area contributed by atoms with Gasteiger partial charge in [0.1, 0.15) is 0 Å². The lowest BCUT2D eigenvalue weighted by Crippen LogP contribution is -2.22. The van der Waals surface area contributed by atoms with E-state index in [9.17, 15) is 0 Å². The summed E-state index contributed by atoms with van der Waals surface area (Å²) < 4.78 is 0. The van der Waals surface area contributed by atoms with Gasteiger partial charge in [-0.2, -0.15) is 0 Å². The van der Waals surface area contributed by atoms with E-state index in [1.54, 1.807) is 0 Å². The topological polar surface area (TPSA) is 52.0 Å². The molecule has 0 saturated heterocycles. The van der Waals surface area contributed by atoms with Crippen LogP contribution < -0.4 is 11.5 Å². The van der Waals surface area contributed by atoms with Gasteiger partial charge in [0.2, 0.25) is 0 Å². The molecule has 1 aliphatic carbocycles. The van der Waals surface area contributed by atoms with Crippen molar-refractivity contribution in [1.82, 2.24) is 0 Å². The van der Waals surface area contributed by atoms with Gasteiger partial charge in [0, 0.05) is 17.6 Å². The minimum atomic E-state index is -0.390. The third-order valence-electron chi connectivity index (χ3n) is 10.8. The second kappa shape index (κ2) is 13.5. The fraction of sp³-hybridized carbons (Fsp3) is 0.0800. The molecule has 8 aromatic rings. The smallest absolute Gasteiger partial charge is 0.0407 e. The zero-order chi connectivity index (χ0) is 35.0. The van der Waals surface area contributed by atoms with Crippen LogP contribution in [0, 0.1) is 0 Å². The first kappa shape index (κ1) is 31.7. The van der Waals surface area contributed by atoms with E-state index in [0.717, 1.165) is 57.1 Å². The van der Waals surface area contributed by atoms with Gasteiger partial charge >= 0.3 is 0 Å². The SMILES string of the molecule is Nc1ccc2ccccc2c1C(c1ccccc1)[C@@H](N)c1cc(-c2ccccc2)cc(-c2c3c(c(-c4ccccc4)c4ccccc24)CCC=C3)c1. The van der Waals surface area contributed by atoms with Crippen LogP contribution in [0.15, 0.2) is 176 Å². The van der Waals surface area contributed by atoms with E-state index >= 15 is 0 Å². The van der Waals surface area contributed by atoms with Crippen LogP contribution in [-0.4, -0.2) is 0 Å². The number of rotatable bonds is 7. The molecule has 0 bridgehead atoms. The average Bonchev–Trinajstić information content (AvgIpc) is 3.21. The zero-order valence-corrected chi connectivity index (χ0v) is 29.0. The summed E-state index contributed by atoms with van der Waals surface area (Å²) in [6, 6.07) is 60.4. The number of benzene rings is 8. The van der Waals surface area contributed by atoms with E-state index < -0.39 is 0 Å². The maximum absolute atomic E-state index is 7.64. The van der Waals surface area contributed by atoms with Gasteiger partial charge in [0.25, 0.3) is 0 Å². The number of nitrogen functional groups attached to an aromatic ring is 1. The van der Waals surface area contributed by atoms with Crippen LogP contribution >= 0.6 is 0 Å². The predicted molar refractivity (Wildman–Crippen MR) is 221 cm³/mol. The Balaban J connectivity index is 1.32. The first-order chi connectivity index (χ1) is 25.7. The Morgan fingerprint density at radius 2 is 1.08 bits per heavy atom. The molecule has 1 aliphatic rings. The number of hydrogen-bond donors (Lipinski definition) is 2. The Morgan fingerprint density at radius 3 is 1.81 bits per heavy atom. The van der Waals surface area contributed by atoms with Crippen molar-refractivity contribution < 1.29 is 0 Å².